The smallest absolute Gasteiger partial charge is 0.169 e. The van der Waals surface area contributed by atoms with Crippen molar-refractivity contribution in [2.45, 2.75) is 43.2 Å². The number of ether oxygens (including phenoxy) is 1. The molecular formula is C14H21BrFN3OS. The van der Waals surface area contributed by atoms with Crippen LogP contribution in [0.15, 0.2) is 21.5 Å². The number of hydrogen-bond acceptors (Lipinski definition) is 5. The summed E-state index contributed by atoms with van der Waals surface area (Å²) in [6, 6.07) is 3.62. The second-order valence-electron chi connectivity index (χ2n) is 5.78. The van der Waals surface area contributed by atoms with Gasteiger partial charge in [0.1, 0.15) is 0 Å². The van der Waals surface area contributed by atoms with Crippen LogP contribution in [0.5, 0.6) is 5.75 Å². The molecule has 0 saturated carbocycles. The van der Waals surface area contributed by atoms with Gasteiger partial charge in [0.25, 0.3) is 0 Å². The van der Waals surface area contributed by atoms with Gasteiger partial charge < -0.3 is 4.74 Å². The molecule has 118 valence electrons. The fraction of sp³-hybridized carbons (Fsp3) is 0.571. The van der Waals surface area contributed by atoms with Gasteiger partial charge in [-0.25, -0.2) is 8.70 Å². The molecule has 1 aromatic rings. The van der Waals surface area contributed by atoms with Crippen LogP contribution in [0.1, 0.15) is 26.7 Å². The molecule has 1 aliphatic heterocycles. The van der Waals surface area contributed by atoms with Crippen molar-refractivity contribution in [3.63, 3.8) is 0 Å². The Morgan fingerprint density at radius 1 is 1.52 bits per heavy atom. The number of hydrogen-bond donors (Lipinski definition) is 2. The molecule has 0 aromatic heterocycles. The first-order valence-electron chi connectivity index (χ1n) is 6.82. The van der Waals surface area contributed by atoms with Crippen LogP contribution in [-0.4, -0.2) is 29.5 Å². The van der Waals surface area contributed by atoms with Crippen molar-refractivity contribution in [1.82, 2.24) is 9.73 Å². The minimum atomic E-state index is -0.356. The summed E-state index contributed by atoms with van der Waals surface area (Å²) in [7, 11) is 1.49. The predicted octanol–water partition coefficient (Wildman–Crippen LogP) is 3.31. The van der Waals surface area contributed by atoms with Gasteiger partial charge in [0.15, 0.2) is 11.6 Å². The van der Waals surface area contributed by atoms with Crippen LogP contribution in [0.2, 0.25) is 0 Å². The number of nitrogens with zero attached hydrogens (tertiary/aromatic N) is 1. The number of piperidine rings is 1. The molecule has 1 unspecified atom stereocenters. The largest absolute Gasteiger partial charge is 0.492 e. The van der Waals surface area contributed by atoms with E-state index in [1.165, 1.54) is 25.1 Å². The first-order chi connectivity index (χ1) is 9.87. The second kappa shape index (κ2) is 6.83. The highest BCUT2D eigenvalue weighted by Gasteiger charge is 2.35. The average molecular weight is 378 g/mol. The first-order valence-corrected chi connectivity index (χ1v) is 8.39. The Morgan fingerprint density at radius 3 is 2.81 bits per heavy atom. The molecular weight excluding hydrogens is 357 g/mol. The topological polar surface area (TPSA) is 50.5 Å². The van der Waals surface area contributed by atoms with E-state index in [1.54, 1.807) is 0 Å². The fourth-order valence-electron chi connectivity index (χ4n) is 2.62. The van der Waals surface area contributed by atoms with E-state index in [2.05, 4.69) is 39.5 Å². The fourth-order valence-corrected chi connectivity index (χ4v) is 4.40. The van der Waals surface area contributed by atoms with Gasteiger partial charge in [0.05, 0.1) is 12.0 Å². The molecule has 0 bridgehead atoms. The summed E-state index contributed by atoms with van der Waals surface area (Å²) < 4.78 is 22.1. The van der Waals surface area contributed by atoms with E-state index in [1.807, 2.05) is 6.07 Å². The number of halogens is 2. The summed E-state index contributed by atoms with van der Waals surface area (Å²) in [5, 5.41) is 0. The van der Waals surface area contributed by atoms with Gasteiger partial charge in [-0.05, 0) is 50.8 Å². The molecule has 0 amide bonds. The first kappa shape index (κ1) is 17.0. The van der Waals surface area contributed by atoms with Gasteiger partial charge >= 0.3 is 0 Å². The van der Waals surface area contributed by atoms with E-state index in [0.717, 1.165) is 24.3 Å². The molecule has 1 aliphatic rings. The Morgan fingerprint density at radius 2 is 2.24 bits per heavy atom. The molecule has 1 saturated heterocycles. The highest BCUT2D eigenvalue weighted by Crippen LogP contribution is 2.42. The van der Waals surface area contributed by atoms with Crippen LogP contribution in [0.4, 0.5) is 4.39 Å². The zero-order valence-corrected chi connectivity index (χ0v) is 14.9. The molecule has 7 heteroatoms. The maximum atomic E-state index is 14.0. The monoisotopic (exact) mass is 377 g/mol. The molecule has 1 atom stereocenters. The van der Waals surface area contributed by atoms with Gasteiger partial charge in [-0.3, -0.25) is 11.3 Å². The highest BCUT2D eigenvalue weighted by atomic mass is 79.9. The van der Waals surface area contributed by atoms with Crippen molar-refractivity contribution < 1.29 is 9.13 Å². The van der Waals surface area contributed by atoms with E-state index in [4.69, 9.17) is 10.6 Å². The third-order valence-corrected chi connectivity index (χ3v) is 5.58. The lowest BCUT2D eigenvalue weighted by molar-refractivity contribution is 0.153. The lowest BCUT2D eigenvalue weighted by Crippen LogP contribution is -2.53. The molecule has 2 rings (SSSR count). The summed E-state index contributed by atoms with van der Waals surface area (Å²) in [6.07, 6.45) is 1.90. The molecule has 3 N–H and O–H groups in total. The predicted molar refractivity (Wildman–Crippen MR) is 87.6 cm³/mol. The summed E-state index contributed by atoms with van der Waals surface area (Å²) in [5.74, 6) is 5.49. The maximum absolute atomic E-state index is 14.0. The normalized spacial score (nSPS) is 22.3. The van der Waals surface area contributed by atoms with Crippen LogP contribution in [-0.2, 0) is 0 Å². The minimum absolute atomic E-state index is 0.0379. The molecule has 4 nitrogen and oxygen atoms in total. The van der Waals surface area contributed by atoms with Gasteiger partial charge in [-0.15, -0.1) is 0 Å². The van der Waals surface area contributed by atoms with Crippen LogP contribution in [0.25, 0.3) is 0 Å². The molecule has 1 aromatic carbocycles. The van der Waals surface area contributed by atoms with E-state index >= 15 is 0 Å². The number of hydrazine groups is 1. The number of nitrogens with one attached hydrogen (secondary N) is 1. The number of benzene rings is 1. The third-order valence-electron chi connectivity index (χ3n) is 3.72. The van der Waals surface area contributed by atoms with Crippen LogP contribution in [0.3, 0.4) is 0 Å². The quantitative estimate of drug-likeness (QED) is 0.478. The van der Waals surface area contributed by atoms with Crippen LogP contribution >= 0.6 is 27.9 Å². The molecule has 0 radical (unpaired) electrons. The molecule has 21 heavy (non-hydrogen) atoms. The van der Waals surface area contributed by atoms with Gasteiger partial charge in [0, 0.05) is 22.6 Å². The highest BCUT2D eigenvalue weighted by molar-refractivity contribution is 9.10. The molecule has 1 heterocycles. The molecule has 0 aliphatic carbocycles. The summed E-state index contributed by atoms with van der Waals surface area (Å²) >= 11 is 4.87. The third kappa shape index (κ3) is 3.90. The Balaban J connectivity index is 2.22. The van der Waals surface area contributed by atoms with E-state index in [9.17, 15) is 4.39 Å². The van der Waals surface area contributed by atoms with Crippen LogP contribution in [0, 0.1) is 5.82 Å². The summed E-state index contributed by atoms with van der Waals surface area (Å²) in [6.45, 7) is 5.22. The maximum Gasteiger partial charge on any atom is 0.169 e. The Hall–Kier alpha value is -0.340. The van der Waals surface area contributed by atoms with Crippen molar-refractivity contribution in [3.8, 4) is 5.75 Å². The van der Waals surface area contributed by atoms with Gasteiger partial charge in [-0.1, -0.05) is 15.9 Å². The summed E-state index contributed by atoms with van der Waals surface area (Å²) in [4.78, 5) is 0.775. The van der Waals surface area contributed by atoms with E-state index in [0.29, 0.717) is 10.5 Å². The zero-order chi connectivity index (χ0) is 15.6. The molecule has 1 fully saturated rings. The lowest BCUT2D eigenvalue weighted by Gasteiger charge is -2.44. The second-order valence-corrected chi connectivity index (χ2v) is 7.76. The van der Waals surface area contributed by atoms with Crippen molar-refractivity contribution >= 4 is 27.9 Å². The SMILES string of the molecule is COc1c(F)cc(Br)cc1SN1CCC(NN)CC1(C)C. The van der Waals surface area contributed by atoms with Gasteiger partial charge in [-0.2, -0.15) is 0 Å². The number of nitrogens with two attached hydrogens (primary N) is 1. The van der Waals surface area contributed by atoms with Crippen molar-refractivity contribution in [2.75, 3.05) is 13.7 Å². The lowest BCUT2D eigenvalue weighted by atomic mass is 9.90. The van der Waals surface area contributed by atoms with E-state index < -0.39 is 0 Å². The zero-order valence-electron chi connectivity index (χ0n) is 12.5. The standard InChI is InChI=1S/C14H21BrFN3OS/c1-14(2)8-10(18-17)4-5-19(14)21-12-7-9(15)6-11(16)13(12)20-3/h6-7,10,18H,4-5,8,17H2,1-3H3. The van der Waals surface area contributed by atoms with Gasteiger partial charge in [0.2, 0.25) is 0 Å². The minimum Gasteiger partial charge on any atom is -0.492 e. The molecule has 0 spiro atoms. The average Bonchev–Trinajstić information content (AvgIpc) is 2.40. The van der Waals surface area contributed by atoms with Crippen molar-refractivity contribution in [3.05, 3.63) is 22.4 Å². The Labute approximate surface area is 137 Å². The van der Waals surface area contributed by atoms with Crippen LogP contribution < -0.4 is 16.0 Å². The van der Waals surface area contributed by atoms with E-state index in [-0.39, 0.29) is 17.1 Å². The summed E-state index contributed by atoms with van der Waals surface area (Å²) in [5.41, 5.74) is 2.82. The van der Waals surface area contributed by atoms with Crippen molar-refractivity contribution in [2.24, 2.45) is 5.84 Å². The Kier molecular flexibility index (Phi) is 5.54. The van der Waals surface area contributed by atoms with Crippen molar-refractivity contribution in [1.29, 1.82) is 0 Å². The number of methoxy groups -OCH3 is 1. The number of rotatable bonds is 4. The Bertz CT molecular complexity index is 515.